The largest absolute Gasteiger partial charge is 0.280 e. The van der Waals surface area contributed by atoms with E-state index >= 15 is 0 Å². The summed E-state index contributed by atoms with van der Waals surface area (Å²) in [6, 6.07) is 3.41. The SMILES string of the molecule is CCCc1cc(NS(=O)(=O)c2sccc2Br)n[nH]1. The van der Waals surface area contributed by atoms with Gasteiger partial charge in [0, 0.05) is 16.2 Å². The zero-order valence-corrected chi connectivity index (χ0v) is 12.8. The van der Waals surface area contributed by atoms with Crippen LogP contribution in [0.2, 0.25) is 0 Å². The van der Waals surface area contributed by atoms with Crippen LogP contribution in [0.5, 0.6) is 0 Å². The van der Waals surface area contributed by atoms with Gasteiger partial charge >= 0.3 is 0 Å². The predicted octanol–water partition coefficient (Wildman–Crippen LogP) is 2.99. The summed E-state index contributed by atoms with van der Waals surface area (Å²) in [5.41, 5.74) is 0.917. The van der Waals surface area contributed by atoms with Gasteiger partial charge in [-0.2, -0.15) is 5.10 Å². The Balaban J connectivity index is 2.20. The van der Waals surface area contributed by atoms with E-state index in [-0.39, 0.29) is 4.21 Å². The molecule has 0 radical (unpaired) electrons. The molecule has 0 fully saturated rings. The van der Waals surface area contributed by atoms with E-state index in [2.05, 4.69) is 30.8 Å². The van der Waals surface area contributed by atoms with Crippen LogP contribution < -0.4 is 4.72 Å². The molecule has 8 heteroatoms. The van der Waals surface area contributed by atoms with E-state index in [1.807, 2.05) is 6.92 Å². The minimum absolute atomic E-state index is 0.252. The van der Waals surface area contributed by atoms with Gasteiger partial charge in [-0.05, 0) is 33.8 Å². The minimum atomic E-state index is -3.56. The molecule has 0 aliphatic heterocycles. The molecule has 2 heterocycles. The number of nitrogens with zero attached hydrogens (tertiary/aromatic N) is 1. The molecule has 0 bridgehead atoms. The first-order chi connectivity index (χ1) is 8.53. The highest BCUT2D eigenvalue weighted by Gasteiger charge is 2.20. The van der Waals surface area contributed by atoms with E-state index in [1.165, 1.54) is 0 Å². The number of sulfonamides is 1. The zero-order valence-electron chi connectivity index (χ0n) is 9.60. The van der Waals surface area contributed by atoms with Crippen LogP contribution in [0.3, 0.4) is 0 Å². The lowest BCUT2D eigenvalue weighted by Gasteiger charge is -2.02. The van der Waals surface area contributed by atoms with E-state index in [9.17, 15) is 8.42 Å². The van der Waals surface area contributed by atoms with Crippen molar-refractivity contribution >= 4 is 43.1 Å². The molecule has 5 nitrogen and oxygen atoms in total. The first-order valence-electron chi connectivity index (χ1n) is 5.33. The average molecular weight is 350 g/mol. The monoisotopic (exact) mass is 349 g/mol. The predicted molar refractivity (Wildman–Crippen MR) is 75.4 cm³/mol. The van der Waals surface area contributed by atoms with Crippen molar-refractivity contribution in [3.05, 3.63) is 27.7 Å². The summed E-state index contributed by atoms with van der Waals surface area (Å²) in [5, 5.41) is 8.45. The average Bonchev–Trinajstić information content (AvgIpc) is 2.88. The van der Waals surface area contributed by atoms with Gasteiger partial charge in [0.1, 0.15) is 0 Å². The molecule has 0 aromatic carbocycles. The summed E-state index contributed by atoms with van der Waals surface area (Å²) in [6.45, 7) is 2.05. The fraction of sp³-hybridized carbons (Fsp3) is 0.300. The summed E-state index contributed by atoms with van der Waals surface area (Å²) >= 11 is 4.37. The molecule has 0 unspecified atom stereocenters. The first kappa shape index (κ1) is 13.6. The molecule has 0 spiro atoms. The maximum atomic E-state index is 12.1. The van der Waals surface area contributed by atoms with Crippen molar-refractivity contribution in [2.75, 3.05) is 4.72 Å². The maximum absolute atomic E-state index is 12.1. The summed E-state index contributed by atoms with van der Waals surface area (Å²) < 4.78 is 27.4. The standard InChI is InChI=1S/C10H12BrN3O2S2/c1-2-3-7-6-9(13-12-7)14-18(15,16)10-8(11)4-5-17-10/h4-6H,2-3H2,1H3,(H2,12,13,14). The van der Waals surface area contributed by atoms with Crippen LogP contribution in [0.25, 0.3) is 0 Å². The maximum Gasteiger partial charge on any atom is 0.273 e. The minimum Gasteiger partial charge on any atom is -0.280 e. The summed E-state index contributed by atoms with van der Waals surface area (Å²) in [6.07, 6.45) is 1.82. The molecule has 2 aromatic rings. The van der Waals surface area contributed by atoms with Crippen LogP contribution in [-0.4, -0.2) is 18.6 Å². The van der Waals surface area contributed by atoms with Crippen molar-refractivity contribution in [3.8, 4) is 0 Å². The van der Waals surface area contributed by atoms with E-state index in [1.54, 1.807) is 17.5 Å². The van der Waals surface area contributed by atoms with Crippen molar-refractivity contribution in [3.63, 3.8) is 0 Å². The van der Waals surface area contributed by atoms with Gasteiger partial charge in [-0.15, -0.1) is 11.3 Å². The third-order valence-electron chi connectivity index (χ3n) is 2.22. The molecule has 0 aliphatic rings. The highest BCUT2D eigenvalue weighted by Crippen LogP contribution is 2.28. The van der Waals surface area contributed by atoms with Crippen LogP contribution in [-0.2, 0) is 16.4 Å². The van der Waals surface area contributed by atoms with Gasteiger partial charge in [0.2, 0.25) is 0 Å². The number of aryl methyl sites for hydroxylation is 1. The van der Waals surface area contributed by atoms with E-state index in [4.69, 9.17) is 0 Å². The molecule has 18 heavy (non-hydrogen) atoms. The number of hydrogen-bond acceptors (Lipinski definition) is 4. The molecule has 0 saturated carbocycles. The number of rotatable bonds is 5. The number of hydrogen-bond donors (Lipinski definition) is 2. The van der Waals surface area contributed by atoms with Gasteiger partial charge in [0.25, 0.3) is 10.0 Å². The third-order valence-corrected chi connectivity index (χ3v) is 6.24. The van der Waals surface area contributed by atoms with E-state index < -0.39 is 10.0 Å². The molecule has 0 amide bonds. The first-order valence-corrected chi connectivity index (χ1v) is 8.48. The van der Waals surface area contributed by atoms with Gasteiger partial charge in [-0.3, -0.25) is 9.82 Å². The van der Waals surface area contributed by atoms with Crippen LogP contribution >= 0.6 is 27.3 Å². The Hall–Kier alpha value is -0.860. The Bertz CT molecular complexity index is 633. The van der Waals surface area contributed by atoms with Crippen molar-refractivity contribution in [2.24, 2.45) is 0 Å². The molecule has 98 valence electrons. The second kappa shape index (κ2) is 5.41. The lowest BCUT2D eigenvalue weighted by molar-refractivity contribution is 0.602. The quantitative estimate of drug-likeness (QED) is 0.871. The lowest BCUT2D eigenvalue weighted by atomic mass is 10.2. The summed E-state index contributed by atoms with van der Waals surface area (Å²) in [7, 11) is -3.56. The summed E-state index contributed by atoms with van der Waals surface area (Å²) in [4.78, 5) is 0. The van der Waals surface area contributed by atoms with Crippen molar-refractivity contribution in [1.29, 1.82) is 0 Å². The van der Waals surface area contributed by atoms with Gasteiger partial charge in [0.15, 0.2) is 10.0 Å². The van der Waals surface area contributed by atoms with Gasteiger partial charge in [-0.25, -0.2) is 8.42 Å². The highest BCUT2D eigenvalue weighted by molar-refractivity contribution is 9.10. The molecule has 0 aliphatic carbocycles. The zero-order chi connectivity index (χ0) is 13.2. The Labute approximate surface area is 118 Å². The molecule has 0 saturated heterocycles. The Kier molecular flexibility index (Phi) is 4.08. The molecular formula is C10H12BrN3O2S2. The normalized spacial score (nSPS) is 11.7. The fourth-order valence-corrected chi connectivity index (χ4v) is 4.80. The lowest BCUT2D eigenvalue weighted by Crippen LogP contribution is -2.12. The van der Waals surface area contributed by atoms with Crippen LogP contribution in [0.4, 0.5) is 5.82 Å². The van der Waals surface area contributed by atoms with Gasteiger partial charge in [0.05, 0.1) is 0 Å². The number of halogens is 1. The van der Waals surface area contributed by atoms with Crippen molar-refractivity contribution < 1.29 is 8.42 Å². The Morgan fingerprint density at radius 3 is 2.94 bits per heavy atom. The molecule has 2 rings (SSSR count). The second-order valence-electron chi connectivity index (χ2n) is 3.69. The number of aromatic nitrogens is 2. The number of anilines is 1. The summed E-state index contributed by atoms with van der Waals surface area (Å²) in [5.74, 6) is 0.318. The van der Waals surface area contributed by atoms with Gasteiger partial charge in [-0.1, -0.05) is 13.3 Å². The van der Waals surface area contributed by atoms with Crippen molar-refractivity contribution in [1.82, 2.24) is 10.2 Å². The number of aromatic amines is 1. The van der Waals surface area contributed by atoms with Crippen LogP contribution in [0.15, 0.2) is 26.2 Å². The Morgan fingerprint density at radius 1 is 1.56 bits per heavy atom. The van der Waals surface area contributed by atoms with Crippen molar-refractivity contribution in [2.45, 2.75) is 24.0 Å². The fourth-order valence-electron chi connectivity index (χ4n) is 1.47. The number of thiophene rings is 1. The second-order valence-corrected chi connectivity index (χ2v) is 7.34. The van der Waals surface area contributed by atoms with E-state index in [0.29, 0.717) is 10.3 Å². The topological polar surface area (TPSA) is 74.8 Å². The molecule has 0 atom stereocenters. The van der Waals surface area contributed by atoms with Gasteiger partial charge < -0.3 is 0 Å². The Morgan fingerprint density at radius 2 is 2.33 bits per heavy atom. The third kappa shape index (κ3) is 2.93. The molecular weight excluding hydrogens is 338 g/mol. The molecule has 2 aromatic heterocycles. The number of H-pyrrole nitrogens is 1. The smallest absolute Gasteiger partial charge is 0.273 e. The number of nitrogens with one attached hydrogen (secondary N) is 2. The van der Waals surface area contributed by atoms with E-state index in [0.717, 1.165) is 29.9 Å². The van der Waals surface area contributed by atoms with Crippen LogP contribution in [0, 0.1) is 0 Å². The molecule has 2 N–H and O–H groups in total. The highest BCUT2D eigenvalue weighted by atomic mass is 79.9. The van der Waals surface area contributed by atoms with Crippen LogP contribution in [0.1, 0.15) is 19.0 Å².